The molecule has 3 rings (SSSR count). The third kappa shape index (κ3) is 4.48. The molecule has 0 N–H and O–H groups in total. The molecule has 0 amide bonds. The molecule has 0 heterocycles. The van der Waals surface area contributed by atoms with Gasteiger partial charge in [-0.2, -0.15) is 0 Å². The zero-order chi connectivity index (χ0) is 17.8. The molecule has 3 heteroatoms. The Hall–Kier alpha value is -1.25. The van der Waals surface area contributed by atoms with E-state index < -0.39 is 17.5 Å². The van der Waals surface area contributed by atoms with Crippen LogP contribution in [0.3, 0.4) is 0 Å². The average Bonchev–Trinajstić information content (AvgIpc) is 2.64. The third-order valence-corrected chi connectivity index (χ3v) is 6.51. The molecule has 0 atom stereocenters. The average molecular weight is 350 g/mol. The van der Waals surface area contributed by atoms with E-state index in [0.717, 1.165) is 43.4 Å². The van der Waals surface area contributed by atoms with E-state index in [4.69, 9.17) is 0 Å². The molecule has 2 aliphatic carbocycles. The van der Waals surface area contributed by atoms with Gasteiger partial charge in [0, 0.05) is 0 Å². The van der Waals surface area contributed by atoms with Gasteiger partial charge in [-0.05, 0) is 106 Å². The monoisotopic (exact) mass is 350 g/mol. The molecule has 1 aromatic carbocycles. The first-order chi connectivity index (χ1) is 12.1. The van der Waals surface area contributed by atoms with Gasteiger partial charge in [0.2, 0.25) is 0 Å². The van der Waals surface area contributed by atoms with E-state index in [-0.39, 0.29) is 5.92 Å². The second-order valence-electron chi connectivity index (χ2n) is 8.00. The van der Waals surface area contributed by atoms with Crippen molar-refractivity contribution < 1.29 is 13.2 Å². The second-order valence-corrected chi connectivity index (χ2v) is 8.00. The van der Waals surface area contributed by atoms with Crippen molar-refractivity contribution in [2.24, 2.45) is 17.8 Å². The van der Waals surface area contributed by atoms with Gasteiger partial charge in [-0.1, -0.05) is 12.2 Å². The van der Waals surface area contributed by atoms with Crippen LogP contribution in [0.5, 0.6) is 0 Å². The number of halogens is 3. The van der Waals surface area contributed by atoms with Crippen molar-refractivity contribution in [1.29, 1.82) is 0 Å². The summed E-state index contributed by atoms with van der Waals surface area (Å²) in [5.74, 6) is -0.861. The minimum atomic E-state index is -1.35. The Labute approximate surface area is 149 Å². The maximum absolute atomic E-state index is 13.5. The van der Waals surface area contributed by atoms with Gasteiger partial charge in [0.05, 0.1) is 0 Å². The highest BCUT2D eigenvalue weighted by atomic mass is 19.2. The van der Waals surface area contributed by atoms with Crippen LogP contribution in [-0.2, 0) is 0 Å². The van der Waals surface area contributed by atoms with Crippen LogP contribution in [0.25, 0.3) is 0 Å². The fraction of sp³-hybridized carbons (Fsp3) is 0.636. The molecule has 0 bridgehead atoms. The normalized spacial score (nSPS) is 30.7. The Morgan fingerprint density at radius 3 is 1.88 bits per heavy atom. The van der Waals surface area contributed by atoms with Crippen molar-refractivity contribution in [2.75, 3.05) is 0 Å². The molecule has 2 fully saturated rings. The topological polar surface area (TPSA) is 0 Å². The first-order valence-corrected chi connectivity index (χ1v) is 9.84. The minimum absolute atomic E-state index is 0.173. The lowest BCUT2D eigenvalue weighted by atomic mass is 9.68. The van der Waals surface area contributed by atoms with Crippen molar-refractivity contribution >= 4 is 0 Å². The zero-order valence-electron chi connectivity index (χ0n) is 15.1. The SMILES string of the molecule is C/C=C/C[C@H]1CC[C@H]([C@H]2CC[C@H](c3cc(F)c(F)c(F)c3)CC2)CC1. The number of hydrogen-bond acceptors (Lipinski definition) is 0. The van der Waals surface area contributed by atoms with Gasteiger partial charge in [-0.25, -0.2) is 13.2 Å². The van der Waals surface area contributed by atoms with Gasteiger partial charge < -0.3 is 0 Å². The summed E-state index contributed by atoms with van der Waals surface area (Å²) in [6.07, 6.45) is 15.2. The molecule has 0 aliphatic heterocycles. The maximum Gasteiger partial charge on any atom is 0.194 e. The number of hydrogen-bond donors (Lipinski definition) is 0. The summed E-state index contributed by atoms with van der Waals surface area (Å²) >= 11 is 0. The Morgan fingerprint density at radius 1 is 0.840 bits per heavy atom. The van der Waals surface area contributed by atoms with Crippen LogP contribution in [0.2, 0.25) is 0 Å². The van der Waals surface area contributed by atoms with Crippen LogP contribution < -0.4 is 0 Å². The van der Waals surface area contributed by atoms with Gasteiger partial charge in [-0.3, -0.25) is 0 Å². The first-order valence-electron chi connectivity index (χ1n) is 9.84. The molecule has 0 saturated heterocycles. The summed E-state index contributed by atoms with van der Waals surface area (Å²) in [6.45, 7) is 2.09. The highest BCUT2D eigenvalue weighted by Gasteiger charge is 2.31. The molecule has 138 valence electrons. The van der Waals surface area contributed by atoms with E-state index in [2.05, 4.69) is 19.1 Å². The van der Waals surface area contributed by atoms with Gasteiger partial charge in [0.1, 0.15) is 0 Å². The van der Waals surface area contributed by atoms with Gasteiger partial charge in [-0.15, -0.1) is 0 Å². The van der Waals surface area contributed by atoms with Crippen molar-refractivity contribution in [3.63, 3.8) is 0 Å². The van der Waals surface area contributed by atoms with Gasteiger partial charge in [0.15, 0.2) is 17.5 Å². The molecule has 1 aromatic rings. The van der Waals surface area contributed by atoms with Crippen LogP contribution in [0.4, 0.5) is 13.2 Å². The van der Waals surface area contributed by atoms with Crippen LogP contribution in [0.15, 0.2) is 24.3 Å². The molecular weight excluding hydrogens is 321 g/mol. The van der Waals surface area contributed by atoms with E-state index in [1.54, 1.807) is 0 Å². The lowest BCUT2D eigenvalue weighted by molar-refractivity contribution is 0.160. The molecular formula is C22H29F3. The lowest BCUT2D eigenvalue weighted by Crippen LogP contribution is -2.25. The predicted molar refractivity (Wildman–Crippen MR) is 95.9 cm³/mol. The zero-order valence-corrected chi connectivity index (χ0v) is 15.1. The van der Waals surface area contributed by atoms with Crippen molar-refractivity contribution in [1.82, 2.24) is 0 Å². The number of allylic oxidation sites excluding steroid dienone is 2. The lowest BCUT2D eigenvalue weighted by Gasteiger charge is -2.38. The standard InChI is InChI=1S/C22H29F3/c1-2-3-4-15-5-7-16(8-6-15)17-9-11-18(12-10-17)19-13-20(23)22(25)21(24)14-19/h2-3,13-18H,4-12H2,1H3/b3-2+/t15-,16-,17-,18-. The third-order valence-electron chi connectivity index (χ3n) is 6.51. The molecule has 0 radical (unpaired) electrons. The fourth-order valence-electron chi connectivity index (χ4n) is 4.96. The second kappa shape index (κ2) is 8.42. The summed E-state index contributed by atoms with van der Waals surface area (Å²) in [4.78, 5) is 0. The minimum Gasteiger partial charge on any atom is -0.204 e. The smallest absolute Gasteiger partial charge is 0.194 e. The van der Waals surface area contributed by atoms with Crippen LogP contribution >= 0.6 is 0 Å². The van der Waals surface area contributed by atoms with Crippen molar-refractivity contribution in [3.05, 3.63) is 47.3 Å². The number of benzene rings is 1. The van der Waals surface area contributed by atoms with Crippen LogP contribution in [0.1, 0.15) is 76.2 Å². The molecule has 0 aromatic heterocycles. The van der Waals surface area contributed by atoms with Crippen molar-refractivity contribution in [3.8, 4) is 0 Å². The van der Waals surface area contributed by atoms with Gasteiger partial charge in [0.25, 0.3) is 0 Å². The molecule has 0 unspecified atom stereocenters. The largest absolute Gasteiger partial charge is 0.204 e. The fourth-order valence-corrected chi connectivity index (χ4v) is 4.96. The maximum atomic E-state index is 13.5. The summed E-state index contributed by atoms with van der Waals surface area (Å²) in [5.41, 5.74) is 0.630. The quantitative estimate of drug-likeness (QED) is 0.399. The molecule has 25 heavy (non-hydrogen) atoms. The Balaban J connectivity index is 1.51. The Morgan fingerprint density at radius 2 is 1.36 bits per heavy atom. The molecule has 0 spiro atoms. The summed E-state index contributed by atoms with van der Waals surface area (Å²) in [6, 6.07) is 2.38. The Kier molecular flexibility index (Phi) is 6.24. The highest BCUT2D eigenvalue weighted by molar-refractivity contribution is 5.23. The molecule has 2 saturated carbocycles. The Bertz CT molecular complexity index is 568. The van der Waals surface area contributed by atoms with E-state index in [0.29, 0.717) is 5.56 Å². The predicted octanol–water partition coefficient (Wildman–Crippen LogP) is 7.15. The summed E-state index contributed by atoms with van der Waals surface area (Å²) in [5, 5.41) is 0. The van der Waals surface area contributed by atoms with E-state index in [1.165, 1.54) is 44.2 Å². The molecule has 2 aliphatic rings. The van der Waals surface area contributed by atoms with Gasteiger partial charge >= 0.3 is 0 Å². The van der Waals surface area contributed by atoms with Crippen molar-refractivity contribution in [2.45, 2.75) is 70.6 Å². The van der Waals surface area contributed by atoms with E-state index in [1.807, 2.05) is 0 Å². The number of rotatable bonds is 4. The first kappa shape index (κ1) is 18.5. The molecule has 0 nitrogen and oxygen atoms in total. The van der Waals surface area contributed by atoms with Crippen LogP contribution in [0, 0.1) is 35.2 Å². The van der Waals surface area contributed by atoms with Crippen LogP contribution in [-0.4, -0.2) is 0 Å². The van der Waals surface area contributed by atoms with E-state index >= 15 is 0 Å². The summed E-state index contributed by atoms with van der Waals surface area (Å²) in [7, 11) is 0. The highest BCUT2D eigenvalue weighted by Crippen LogP contribution is 2.44. The van der Waals surface area contributed by atoms with E-state index in [9.17, 15) is 13.2 Å². The summed E-state index contributed by atoms with van der Waals surface area (Å²) < 4.78 is 40.1.